The molecule has 19 heavy (non-hydrogen) atoms. The Morgan fingerprint density at radius 3 is 2.74 bits per heavy atom. The van der Waals surface area contributed by atoms with Crippen molar-refractivity contribution < 1.29 is 4.79 Å². The number of nitrogens with zero attached hydrogens (tertiary/aromatic N) is 1. The Kier molecular flexibility index (Phi) is 4.41. The summed E-state index contributed by atoms with van der Waals surface area (Å²) in [6, 6.07) is 10.2. The summed E-state index contributed by atoms with van der Waals surface area (Å²) in [4.78, 5) is 14.8. The lowest BCUT2D eigenvalue weighted by Crippen LogP contribution is -2.47. The Hall–Kier alpha value is -1.57. The molecule has 1 fully saturated rings. The van der Waals surface area contributed by atoms with E-state index >= 15 is 0 Å². The molecule has 1 atom stereocenters. The fraction of sp³-hybridized carbons (Fsp3) is 0.471. The first-order valence-corrected chi connectivity index (χ1v) is 7.16. The van der Waals surface area contributed by atoms with Gasteiger partial charge in [0.1, 0.15) is 0 Å². The van der Waals surface area contributed by atoms with Gasteiger partial charge < -0.3 is 4.90 Å². The van der Waals surface area contributed by atoms with E-state index in [9.17, 15) is 4.79 Å². The largest absolute Gasteiger partial charge is 0.338 e. The first kappa shape index (κ1) is 13.9. The highest BCUT2D eigenvalue weighted by Gasteiger charge is 2.41. The summed E-state index contributed by atoms with van der Waals surface area (Å²) in [5.41, 5.74) is 1.01. The van der Waals surface area contributed by atoms with Gasteiger partial charge in [0.25, 0.3) is 0 Å². The number of allylic oxidation sites excluding steroid dienone is 1. The van der Waals surface area contributed by atoms with Crippen LogP contribution in [0, 0.1) is 5.41 Å². The van der Waals surface area contributed by atoms with Crippen LogP contribution in [0.1, 0.15) is 38.2 Å². The Bertz CT molecular complexity index is 440. The van der Waals surface area contributed by atoms with Crippen LogP contribution >= 0.6 is 0 Å². The third-order valence-corrected chi connectivity index (χ3v) is 4.25. The molecule has 2 heteroatoms. The SMILES string of the molecule is C=CCC1(CC)CCCN(Cc2ccccc2)C1=O. The first-order chi connectivity index (χ1) is 9.22. The minimum absolute atomic E-state index is 0.200. The molecule has 0 bridgehead atoms. The van der Waals surface area contributed by atoms with Crippen LogP contribution in [0.4, 0.5) is 0 Å². The van der Waals surface area contributed by atoms with Gasteiger partial charge >= 0.3 is 0 Å². The lowest BCUT2D eigenvalue weighted by atomic mass is 9.74. The van der Waals surface area contributed by atoms with Gasteiger partial charge in [-0.2, -0.15) is 0 Å². The predicted octanol–water partition coefficient (Wildman–Crippen LogP) is 3.78. The van der Waals surface area contributed by atoms with E-state index in [0.29, 0.717) is 5.91 Å². The lowest BCUT2D eigenvalue weighted by molar-refractivity contribution is -0.147. The van der Waals surface area contributed by atoms with Crippen molar-refractivity contribution in [1.82, 2.24) is 4.90 Å². The van der Waals surface area contributed by atoms with Gasteiger partial charge in [-0.25, -0.2) is 0 Å². The minimum Gasteiger partial charge on any atom is -0.338 e. The minimum atomic E-state index is -0.200. The van der Waals surface area contributed by atoms with Crippen molar-refractivity contribution in [3.05, 3.63) is 48.6 Å². The van der Waals surface area contributed by atoms with E-state index in [0.717, 1.165) is 38.8 Å². The summed E-state index contributed by atoms with van der Waals surface area (Å²) in [6.07, 6.45) is 5.70. The number of rotatable bonds is 5. The summed E-state index contributed by atoms with van der Waals surface area (Å²) >= 11 is 0. The molecule has 1 saturated heterocycles. The van der Waals surface area contributed by atoms with Crippen LogP contribution in [0.15, 0.2) is 43.0 Å². The summed E-state index contributed by atoms with van der Waals surface area (Å²) in [7, 11) is 0. The van der Waals surface area contributed by atoms with Gasteiger partial charge in [-0.1, -0.05) is 43.3 Å². The van der Waals surface area contributed by atoms with E-state index in [1.54, 1.807) is 0 Å². The number of carbonyl (C=O) groups excluding carboxylic acids is 1. The smallest absolute Gasteiger partial charge is 0.229 e. The van der Waals surface area contributed by atoms with Crippen LogP contribution in [0.25, 0.3) is 0 Å². The van der Waals surface area contributed by atoms with Gasteiger partial charge in [0.15, 0.2) is 0 Å². The van der Waals surface area contributed by atoms with Crippen LogP contribution in [0.3, 0.4) is 0 Å². The molecule has 0 N–H and O–H groups in total. The standard InChI is InChI=1S/C17H23NO/c1-3-11-17(4-2)12-8-13-18(16(17)19)14-15-9-6-5-7-10-15/h3,5-7,9-10H,1,4,8,11-14H2,2H3. The van der Waals surface area contributed by atoms with Crippen LogP contribution in [0.2, 0.25) is 0 Å². The van der Waals surface area contributed by atoms with E-state index in [2.05, 4.69) is 25.6 Å². The van der Waals surface area contributed by atoms with Crippen LogP contribution < -0.4 is 0 Å². The molecule has 0 saturated carbocycles. The highest BCUT2D eigenvalue weighted by atomic mass is 16.2. The molecular formula is C17H23NO. The van der Waals surface area contributed by atoms with E-state index < -0.39 is 0 Å². The van der Waals surface area contributed by atoms with Crippen molar-refractivity contribution in [2.75, 3.05) is 6.54 Å². The maximum Gasteiger partial charge on any atom is 0.229 e. The predicted molar refractivity (Wildman–Crippen MR) is 78.6 cm³/mol. The summed E-state index contributed by atoms with van der Waals surface area (Å²) in [5.74, 6) is 0.310. The van der Waals surface area contributed by atoms with Gasteiger partial charge in [0.2, 0.25) is 5.91 Å². The summed E-state index contributed by atoms with van der Waals surface area (Å²) in [5, 5.41) is 0. The molecule has 2 nitrogen and oxygen atoms in total. The van der Waals surface area contributed by atoms with Crippen molar-refractivity contribution in [2.24, 2.45) is 5.41 Å². The molecule has 1 aromatic carbocycles. The molecule has 0 radical (unpaired) electrons. The van der Waals surface area contributed by atoms with Gasteiger partial charge in [0, 0.05) is 13.1 Å². The number of amides is 1. The second-order valence-electron chi connectivity index (χ2n) is 5.44. The van der Waals surface area contributed by atoms with Crippen LogP contribution in [-0.2, 0) is 11.3 Å². The fourth-order valence-corrected chi connectivity index (χ4v) is 3.04. The summed E-state index contributed by atoms with van der Waals surface area (Å²) in [6.45, 7) is 7.56. The van der Waals surface area contributed by atoms with Crippen LogP contribution in [-0.4, -0.2) is 17.4 Å². The molecule has 0 aromatic heterocycles. The number of benzene rings is 1. The maximum absolute atomic E-state index is 12.8. The monoisotopic (exact) mass is 257 g/mol. The number of carbonyl (C=O) groups is 1. The zero-order valence-corrected chi connectivity index (χ0v) is 11.8. The molecule has 1 heterocycles. The number of hydrogen-bond donors (Lipinski definition) is 0. The van der Waals surface area contributed by atoms with Crippen molar-refractivity contribution in [2.45, 2.75) is 39.2 Å². The van der Waals surface area contributed by atoms with Crippen LogP contribution in [0.5, 0.6) is 0 Å². The molecule has 1 amide bonds. The zero-order valence-electron chi connectivity index (χ0n) is 11.8. The molecule has 1 aliphatic heterocycles. The van der Waals surface area contributed by atoms with E-state index in [1.165, 1.54) is 5.56 Å². The Morgan fingerprint density at radius 1 is 1.37 bits per heavy atom. The first-order valence-electron chi connectivity index (χ1n) is 7.16. The number of piperidine rings is 1. The van der Waals surface area contributed by atoms with Gasteiger partial charge in [0.05, 0.1) is 5.41 Å². The highest BCUT2D eigenvalue weighted by molar-refractivity contribution is 5.83. The molecule has 0 spiro atoms. The quantitative estimate of drug-likeness (QED) is 0.735. The Balaban J connectivity index is 2.14. The molecular weight excluding hydrogens is 234 g/mol. The van der Waals surface area contributed by atoms with Crippen molar-refractivity contribution >= 4 is 5.91 Å². The second kappa shape index (κ2) is 6.05. The van der Waals surface area contributed by atoms with E-state index in [1.807, 2.05) is 29.2 Å². The van der Waals surface area contributed by atoms with Crippen molar-refractivity contribution in [1.29, 1.82) is 0 Å². The van der Waals surface area contributed by atoms with Gasteiger partial charge in [-0.3, -0.25) is 4.79 Å². The molecule has 2 rings (SSSR count). The molecule has 102 valence electrons. The molecule has 0 aliphatic carbocycles. The number of likely N-dealkylation sites (tertiary alicyclic amines) is 1. The van der Waals surface area contributed by atoms with E-state index in [-0.39, 0.29) is 5.41 Å². The zero-order chi connectivity index (χ0) is 13.7. The average molecular weight is 257 g/mol. The fourth-order valence-electron chi connectivity index (χ4n) is 3.04. The van der Waals surface area contributed by atoms with Gasteiger partial charge in [-0.15, -0.1) is 6.58 Å². The molecule has 1 unspecified atom stereocenters. The normalized spacial score (nSPS) is 23.4. The molecule has 1 aliphatic rings. The Morgan fingerprint density at radius 2 is 2.11 bits per heavy atom. The lowest BCUT2D eigenvalue weighted by Gasteiger charge is -2.41. The third-order valence-electron chi connectivity index (χ3n) is 4.25. The topological polar surface area (TPSA) is 20.3 Å². The average Bonchev–Trinajstić information content (AvgIpc) is 2.45. The highest BCUT2D eigenvalue weighted by Crippen LogP contribution is 2.38. The Labute approximate surface area is 116 Å². The third kappa shape index (κ3) is 2.89. The maximum atomic E-state index is 12.8. The van der Waals surface area contributed by atoms with Gasteiger partial charge in [-0.05, 0) is 31.2 Å². The second-order valence-corrected chi connectivity index (χ2v) is 5.44. The molecule has 1 aromatic rings. The summed E-state index contributed by atoms with van der Waals surface area (Å²) < 4.78 is 0. The van der Waals surface area contributed by atoms with Crippen molar-refractivity contribution in [3.8, 4) is 0 Å². The van der Waals surface area contributed by atoms with E-state index in [4.69, 9.17) is 0 Å². The van der Waals surface area contributed by atoms with Crippen molar-refractivity contribution in [3.63, 3.8) is 0 Å². The number of hydrogen-bond acceptors (Lipinski definition) is 1.